The first-order chi connectivity index (χ1) is 13.9. The van der Waals surface area contributed by atoms with Crippen molar-refractivity contribution in [2.45, 2.75) is 19.4 Å². The van der Waals surface area contributed by atoms with Crippen LogP contribution in [0.15, 0.2) is 24.3 Å². The second-order valence-electron chi connectivity index (χ2n) is 6.16. The zero-order chi connectivity index (χ0) is 21.4. The Kier molecular flexibility index (Phi) is 8.20. The molecule has 156 valence electrons. The van der Waals surface area contributed by atoms with E-state index in [2.05, 4.69) is 10.6 Å². The maximum Gasteiger partial charge on any atom is 0.329 e. The third-order valence-corrected chi connectivity index (χ3v) is 4.81. The second kappa shape index (κ2) is 10.6. The molecular formula is C19H23N3O6S. The van der Waals surface area contributed by atoms with E-state index in [1.54, 1.807) is 19.1 Å². The minimum Gasteiger partial charge on any atom is -0.454 e. The highest BCUT2D eigenvalue weighted by Crippen LogP contribution is 2.26. The van der Waals surface area contributed by atoms with Gasteiger partial charge in [-0.2, -0.15) is 11.8 Å². The number of ether oxygens (including phenoxy) is 1. The molecule has 10 heteroatoms. The van der Waals surface area contributed by atoms with Gasteiger partial charge >= 0.3 is 5.97 Å². The summed E-state index contributed by atoms with van der Waals surface area (Å²) in [5.74, 6) is -2.48. The number of thioether (sulfide) groups is 1. The van der Waals surface area contributed by atoms with E-state index >= 15 is 0 Å². The summed E-state index contributed by atoms with van der Waals surface area (Å²) in [7, 11) is 0. The SMILES string of the molecule is CCNC(=O)CNC(=O)COC(=O)[C@@H](CCSC)N1C(=O)c2ccccc2C1=O. The first-order valence-electron chi connectivity index (χ1n) is 9.06. The van der Waals surface area contributed by atoms with Crippen molar-refractivity contribution in [1.29, 1.82) is 0 Å². The van der Waals surface area contributed by atoms with Crippen LogP contribution >= 0.6 is 11.8 Å². The van der Waals surface area contributed by atoms with Crippen LogP contribution in [0.2, 0.25) is 0 Å². The molecule has 0 aliphatic carbocycles. The molecule has 0 saturated carbocycles. The van der Waals surface area contributed by atoms with E-state index in [4.69, 9.17) is 4.74 Å². The lowest BCUT2D eigenvalue weighted by Crippen LogP contribution is -2.47. The number of carbonyl (C=O) groups is 5. The number of nitrogens with zero attached hydrogens (tertiary/aromatic N) is 1. The van der Waals surface area contributed by atoms with E-state index in [0.717, 1.165) is 4.90 Å². The van der Waals surface area contributed by atoms with E-state index in [9.17, 15) is 24.0 Å². The number of amides is 4. The molecule has 2 N–H and O–H groups in total. The number of fused-ring (bicyclic) bond motifs is 1. The summed E-state index contributed by atoms with van der Waals surface area (Å²) < 4.78 is 5.03. The number of rotatable bonds is 10. The van der Waals surface area contributed by atoms with Crippen LogP contribution in [0.4, 0.5) is 0 Å². The molecular weight excluding hydrogens is 398 g/mol. The zero-order valence-corrected chi connectivity index (χ0v) is 17.0. The molecule has 1 aliphatic rings. The van der Waals surface area contributed by atoms with Crippen LogP contribution in [0, 0.1) is 0 Å². The lowest BCUT2D eigenvalue weighted by Gasteiger charge is -2.24. The van der Waals surface area contributed by atoms with Gasteiger partial charge in [-0.05, 0) is 37.5 Å². The standard InChI is InChI=1S/C19H23N3O6S/c1-3-20-15(23)10-21-16(24)11-28-19(27)14(8-9-29-2)22-17(25)12-6-4-5-7-13(12)18(22)26/h4-7,14H,3,8-11H2,1-2H3,(H,20,23)(H,21,24)/t14-/m1/s1. The second-order valence-corrected chi connectivity index (χ2v) is 7.15. The van der Waals surface area contributed by atoms with Crippen LogP contribution < -0.4 is 10.6 Å². The Balaban J connectivity index is 2.02. The maximum atomic E-state index is 12.7. The van der Waals surface area contributed by atoms with Gasteiger partial charge in [-0.25, -0.2) is 4.79 Å². The highest BCUT2D eigenvalue weighted by molar-refractivity contribution is 7.98. The molecule has 1 heterocycles. The van der Waals surface area contributed by atoms with E-state index in [1.165, 1.54) is 23.9 Å². The molecule has 1 aromatic rings. The third kappa shape index (κ3) is 5.57. The van der Waals surface area contributed by atoms with Gasteiger partial charge in [0.25, 0.3) is 17.7 Å². The largest absolute Gasteiger partial charge is 0.454 e. The molecule has 0 aromatic heterocycles. The summed E-state index contributed by atoms with van der Waals surface area (Å²) in [4.78, 5) is 62.0. The van der Waals surface area contributed by atoms with Gasteiger partial charge in [0.05, 0.1) is 17.7 Å². The number of nitrogens with one attached hydrogen (secondary N) is 2. The van der Waals surface area contributed by atoms with Crippen molar-refractivity contribution in [3.8, 4) is 0 Å². The molecule has 0 spiro atoms. The minimum absolute atomic E-state index is 0.200. The van der Waals surface area contributed by atoms with Gasteiger partial charge in [-0.3, -0.25) is 24.1 Å². The maximum absolute atomic E-state index is 12.7. The van der Waals surface area contributed by atoms with Gasteiger partial charge in [-0.15, -0.1) is 0 Å². The van der Waals surface area contributed by atoms with Gasteiger partial charge in [-0.1, -0.05) is 12.1 Å². The molecule has 1 aromatic carbocycles. The first-order valence-corrected chi connectivity index (χ1v) is 10.5. The number of benzene rings is 1. The molecule has 4 amide bonds. The smallest absolute Gasteiger partial charge is 0.329 e. The molecule has 29 heavy (non-hydrogen) atoms. The Hall–Kier alpha value is -2.88. The highest BCUT2D eigenvalue weighted by atomic mass is 32.2. The van der Waals surface area contributed by atoms with Gasteiger partial charge in [0.1, 0.15) is 6.04 Å². The van der Waals surface area contributed by atoms with E-state index < -0.39 is 36.3 Å². The van der Waals surface area contributed by atoms with Crippen molar-refractivity contribution in [3.05, 3.63) is 35.4 Å². The predicted octanol–water partition coefficient (Wildman–Crippen LogP) is 0.200. The molecule has 0 fully saturated rings. The van der Waals surface area contributed by atoms with Crippen molar-refractivity contribution < 1.29 is 28.7 Å². The first kappa shape index (κ1) is 22.4. The number of likely N-dealkylation sites (N-methyl/N-ethyl adjacent to an activating group) is 1. The average Bonchev–Trinajstić information content (AvgIpc) is 2.96. The third-order valence-electron chi connectivity index (χ3n) is 4.17. The van der Waals surface area contributed by atoms with Crippen molar-refractivity contribution in [2.24, 2.45) is 0 Å². The van der Waals surface area contributed by atoms with Crippen molar-refractivity contribution in [3.63, 3.8) is 0 Å². The topological polar surface area (TPSA) is 122 Å². The average molecular weight is 421 g/mol. The van der Waals surface area contributed by atoms with E-state index in [1.807, 2.05) is 6.26 Å². The lowest BCUT2D eigenvalue weighted by atomic mass is 10.1. The van der Waals surface area contributed by atoms with Gasteiger partial charge < -0.3 is 15.4 Å². The summed E-state index contributed by atoms with van der Waals surface area (Å²) in [6.07, 6.45) is 2.03. The number of carbonyl (C=O) groups excluding carboxylic acids is 5. The van der Waals surface area contributed by atoms with E-state index in [-0.39, 0.29) is 30.0 Å². The number of hydrogen-bond acceptors (Lipinski definition) is 7. The molecule has 1 aliphatic heterocycles. The number of esters is 1. The number of hydrogen-bond donors (Lipinski definition) is 2. The Morgan fingerprint density at radius 3 is 2.24 bits per heavy atom. The molecule has 0 radical (unpaired) electrons. The zero-order valence-electron chi connectivity index (χ0n) is 16.2. The monoisotopic (exact) mass is 421 g/mol. The summed E-state index contributed by atoms with van der Waals surface area (Å²) in [6, 6.07) is 5.21. The number of imide groups is 1. The summed E-state index contributed by atoms with van der Waals surface area (Å²) >= 11 is 1.45. The van der Waals surface area contributed by atoms with Crippen LogP contribution in [0.1, 0.15) is 34.1 Å². The molecule has 0 bridgehead atoms. The minimum atomic E-state index is -1.13. The van der Waals surface area contributed by atoms with Crippen LogP contribution in [-0.4, -0.2) is 72.2 Å². The molecule has 0 saturated heterocycles. The summed E-state index contributed by atoms with van der Waals surface area (Å²) in [5, 5.41) is 4.84. The van der Waals surface area contributed by atoms with Gasteiger partial charge in [0.2, 0.25) is 5.91 Å². The predicted molar refractivity (Wildman–Crippen MR) is 106 cm³/mol. The van der Waals surface area contributed by atoms with Crippen LogP contribution in [0.3, 0.4) is 0 Å². The van der Waals surface area contributed by atoms with Crippen LogP contribution in [-0.2, 0) is 19.1 Å². The van der Waals surface area contributed by atoms with Gasteiger partial charge in [0.15, 0.2) is 6.61 Å². The normalized spacial score (nSPS) is 13.7. The van der Waals surface area contributed by atoms with Crippen LogP contribution in [0.25, 0.3) is 0 Å². The Labute approximate surface area is 172 Å². The Bertz CT molecular complexity index is 778. The fraction of sp³-hybridized carbons (Fsp3) is 0.421. The van der Waals surface area contributed by atoms with Crippen molar-refractivity contribution >= 4 is 41.4 Å². The fourth-order valence-electron chi connectivity index (χ4n) is 2.80. The fourth-order valence-corrected chi connectivity index (χ4v) is 3.25. The van der Waals surface area contributed by atoms with E-state index in [0.29, 0.717) is 12.3 Å². The summed E-state index contributed by atoms with van der Waals surface area (Å²) in [6.45, 7) is 1.33. The quantitative estimate of drug-likeness (QED) is 0.409. The van der Waals surface area contributed by atoms with Crippen molar-refractivity contribution in [2.75, 3.05) is 31.7 Å². The highest BCUT2D eigenvalue weighted by Gasteiger charge is 2.43. The molecule has 9 nitrogen and oxygen atoms in total. The Morgan fingerprint density at radius 2 is 1.69 bits per heavy atom. The summed E-state index contributed by atoms with van der Waals surface area (Å²) in [5.41, 5.74) is 0.471. The van der Waals surface area contributed by atoms with Crippen molar-refractivity contribution in [1.82, 2.24) is 15.5 Å². The lowest BCUT2D eigenvalue weighted by molar-refractivity contribution is -0.152. The molecule has 1 atom stereocenters. The van der Waals surface area contributed by atoms with Gasteiger partial charge in [0, 0.05) is 6.54 Å². The molecule has 0 unspecified atom stereocenters. The molecule has 2 rings (SSSR count). The Morgan fingerprint density at radius 1 is 1.07 bits per heavy atom. The van der Waals surface area contributed by atoms with Crippen LogP contribution in [0.5, 0.6) is 0 Å².